The third-order valence-electron chi connectivity index (χ3n) is 2.35. The number of pyridine rings is 1. The van der Waals surface area contributed by atoms with Crippen molar-refractivity contribution < 1.29 is 4.92 Å². The highest BCUT2D eigenvalue weighted by molar-refractivity contribution is 7.98. The second kappa shape index (κ2) is 7.11. The normalized spacial score (nSPS) is 10.2. The minimum absolute atomic E-state index is 0.117. The molecule has 0 radical (unpaired) electrons. The lowest BCUT2D eigenvalue weighted by Gasteiger charge is -2.05. The van der Waals surface area contributed by atoms with Crippen LogP contribution in [0.3, 0.4) is 0 Å². The number of rotatable bonds is 7. The number of thioether (sulfide) groups is 1. The summed E-state index contributed by atoms with van der Waals surface area (Å²) in [5, 5.41) is 13.8. The van der Waals surface area contributed by atoms with Gasteiger partial charge in [-0.05, 0) is 31.8 Å². The summed E-state index contributed by atoms with van der Waals surface area (Å²) in [5.74, 6) is 1.72. The van der Waals surface area contributed by atoms with Crippen molar-refractivity contribution >= 4 is 23.3 Å². The van der Waals surface area contributed by atoms with Crippen LogP contribution < -0.4 is 5.32 Å². The number of aromatic nitrogens is 1. The molecular weight excluding hydrogens is 238 g/mol. The van der Waals surface area contributed by atoms with Crippen molar-refractivity contribution in [3.05, 3.63) is 27.9 Å². The zero-order valence-electron chi connectivity index (χ0n) is 10.1. The Morgan fingerprint density at radius 2 is 2.29 bits per heavy atom. The van der Waals surface area contributed by atoms with Gasteiger partial charge in [-0.3, -0.25) is 10.1 Å². The topological polar surface area (TPSA) is 68.1 Å². The molecule has 0 aliphatic rings. The first-order valence-corrected chi connectivity index (χ1v) is 6.88. The summed E-state index contributed by atoms with van der Waals surface area (Å²) in [5.41, 5.74) is 0.703. The Morgan fingerprint density at radius 1 is 1.53 bits per heavy atom. The summed E-state index contributed by atoms with van der Waals surface area (Å²) in [7, 11) is 0. The predicted molar refractivity (Wildman–Crippen MR) is 71.7 cm³/mol. The monoisotopic (exact) mass is 255 g/mol. The first-order valence-electron chi connectivity index (χ1n) is 5.49. The molecule has 1 heterocycles. The van der Waals surface area contributed by atoms with Gasteiger partial charge in [0.05, 0.1) is 11.0 Å². The van der Waals surface area contributed by atoms with Gasteiger partial charge in [-0.15, -0.1) is 0 Å². The van der Waals surface area contributed by atoms with Crippen LogP contribution in [-0.4, -0.2) is 28.5 Å². The van der Waals surface area contributed by atoms with E-state index < -0.39 is 0 Å². The van der Waals surface area contributed by atoms with Crippen molar-refractivity contribution in [2.45, 2.75) is 19.8 Å². The molecule has 0 spiro atoms. The van der Waals surface area contributed by atoms with Crippen molar-refractivity contribution in [3.8, 4) is 0 Å². The van der Waals surface area contributed by atoms with Crippen molar-refractivity contribution in [2.75, 3.05) is 23.9 Å². The third-order valence-corrected chi connectivity index (χ3v) is 3.05. The van der Waals surface area contributed by atoms with Crippen LogP contribution in [-0.2, 0) is 0 Å². The summed E-state index contributed by atoms with van der Waals surface area (Å²) < 4.78 is 0. The lowest BCUT2D eigenvalue weighted by molar-refractivity contribution is -0.385. The first-order chi connectivity index (χ1) is 8.15. The molecule has 1 aromatic rings. The number of unbranched alkanes of at least 4 members (excludes halogenated alkanes) is 1. The minimum atomic E-state index is -0.379. The van der Waals surface area contributed by atoms with Gasteiger partial charge in [-0.2, -0.15) is 11.8 Å². The zero-order valence-corrected chi connectivity index (χ0v) is 10.9. The summed E-state index contributed by atoms with van der Waals surface area (Å²) in [4.78, 5) is 14.5. The molecule has 0 saturated carbocycles. The highest BCUT2D eigenvalue weighted by Crippen LogP contribution is 2.19. The van der Waals surface area contributed by atoms with Crippen LogP contribution in [0.4, 0.5) is 11.5 Å². The van der Waals surface area contributed by atoms with Crippen molar-refractivity contribution in [1.82, 2.24) is 4.98 Å². The van der Waals surface area contributed by atoms with Crippen LogP contribution in [0.15, 0.2) is 12.3 Å². The average molecular weight is 255 g/mol. The van der Waals surface area contributed by atoms with Crippen molar-refractivity contribution in [3.63, 3.8) is 0 Å². The van der Waals surface area contributed by atoms with Crippen LogP contribution in [0, 0.1) is 17.0 Å². The Hall–Kier alpha value is -1.30. The molecule has 0 atom stereocenters. The van der Waals surface area contributed by atoms with Crippen LogP contribution in [0.5, 0.6) is 0 Å². The van der Waals surface area contributed by atoms with Crippen LogP contribution >= 0.6 is 11.8 Å². The molecule has 0 amide bonds. The molecule has 0 bridgehead atoms. The average Bonchev–Trinajstić information content (AvgIpc) is 2.30. The van der Waals surface area contributed by atoms with Gasteiger partial charge in [0, 0.05) is 18.3 Å². The highest BCUT2D eigenvalue weighted by Gasteiger charge is 2.11. The van der Waals surface area contributed by atoms with E-state index in [-0.39, 0.29) is 10.6 Å². The van der Waals surface area contributed by atoms with E-state index in [4.69, 9.17) is 0 Å². The number of nitrogens with one attached hydrogen (secondary N) is 1. The van der Waals surface area contributed by atoms with E-state index in [0.29, 0.717) is 11.4 Å². The second-order valence-electron chi connectivity index (χ2n) is 3.74. The maximum absolute atomic E-state index is 10.7. The smallest absolute Gasteiger partial charge is 0.277 e. The SMILES string of the molecule is CSCCCCNc1cc([N+](=O)[O-])c(C)cn1. The molecule has 0 fully saturated rings. The first kappa shape index (κ1) is 13.8. The molecule has 94 valence electrons. The number of hydrogen-bond donors (Lipinski definition) is 1. The number of aryl methyl sites for hydroxylation is 1. The molecule has 0 aliphatic heterocycles. The molecule has 6 heteroatoms. The van der Waals surface area contributed by atoms with Crippen LogP contribution in [0.25, 0.3) is 0 Å². The fraction of sp³-hybridized carbons (Fsp3) is 0.545. The van der Waals surface area contributed by atoms with Crippen LogP contribution in [0.1, 0.15) is 18.4 Å². The lowest BCUT2D eigenvalue weighted by Crippen LogP contribution is -2.04. The van der Waals surface area contributed by atoms with E-state index in [1.807, 2.05) is 11.8 Å². The zero-order chi connectivity index (χ0) is 12.7. The summed E-state index contributed by atoms with van der Waals surface area (Å²) in [6, 6.07) is 1.49. The Bertz CT molecular complexity index is 385. The number of hydrogen-bond acceptors (Lipinski definition) is 5. The van der Waals surface area contributed by atoms with Gasteiger partial charge >= 0.3 is 0 Å². The summed E-state index contributed by atoms with van der Waals surface area (Å²) in [6.45, 7) is 2.49. The molecule has 1 aromatic heterocycles. The van der Waals surface area contributed by atoms with Crippen LogP contribution in [0.2, 0.25) is 0 Å². The van der Waals surface area contributed by atoms with Gasteiger partial charge in [0.15, 0.2) is 0 Å². The Morgan fingerprint density at radius 3 is 2.94 bits per heavy atom. The van der Waals surface area contributed by atoms with E-state index >= 15 is 0 Å². The fourth-order valence-corrected chi connectivity index (χ4v) is 1.89. The summed E-state index contributed by atoms with van der Waals surface area (Å²) in [6.07, 6.45) is 5.80. The number of anilines is 1. The number of nitrogens with zero attached hydrogens (tertiary/aromatic N) is 2. The van der Waals surface area contributed by atoms with E-state index in [1.54, 1.807) is 6.92 Å². The summed E-state index contributed by atoms with van der Waals surface area (Å²) >= 11 is 1.82. The van der Waals surface area contributed by atoms with E-state index in [0.717, 1.165) is 25.1 Å². The fourth-order valence-electron chi connectivity index (χ4n) is 1.39. The van der Waals surface area contributed by atoms with Crippen molar-refractivity contribution in [2.24, 2.45) is 0 Å². The van der Waals surface area contributed by atoms with E-state index in [9.17, 15) is 10.1 Å². The Kier molecular flexibility index (Phi) is 5.76. The molecule has 0 aliphatic carbocycles. The van der Waals surface area contributed by atoms with Gasteiger partial charge in [0.2, 0.25) is 0 Å². The van der Waals surface area contributed by atoms with Gasteiger partial charge in [0.1, 0.15) is 5.82 Å². The molecule has 1 N–H and O–H groups in total. The molecule has 0 saturated heterocycles. The maximum atomic E-state index is 10.7. The largest absolute Gasteiger partial charge is 0.370 e. The minimum Gasteiger partial charge on any atom is -0.370 e. The van der Waals surface area contributed by atoms with Gasteiger partial charge in [-0.1, -0.05) is 0 Å². The van der Waals surface area contributed by atoms with E-state index in [1.165, 1.54) is 12.3 Å². The van der Waals surface area contributed by atoms with Crippen molar-refractivity contribution in [1.29, 1.82) is 0 Å². The molecule has 1 rings (SSSR count). The predicted octanol–water partition coefficient (Wildman–Crippen LogP) is 2.85. The van der Waals surface area contributed by atoms with Gasteiger partial charge in [0.25, 0.3) is 5.69 Å². The number of nitro groups is 1. The molecule has 5 nitrogen and oxygen atoms in total. The highest BCUT2D eigenvalue weighted by atomic mass is 32.2. The maximum Gasteiger partial charge on any atom is 0.277 e. The Labute approximate surface area is 105 Å². The lowest BCUT2D eigenvalue weighted by atomic mass is 10.2. The molecule has 0 unspecified atom stereocenters. The Balaban J connectivity index is 2.49. The molecular formula is C11H17N3O2S. The third kappa shape index (κ3) is 4.60. The second-order valence-corrected chi connectivity index (χ2v) is 4.73. The van der Waals surface area contributed by atoms with Gasteiger partial charge < -0.3 is 5.32 Å². The standard InChI is InChI=1S/C11H17N3O2S/c1-9-8-13-11(7-10(9)14(15)16)12-5-3-4-6-17-2/h7-8H,3-6H2,1-2H3,(H,12,13). The quantitative estimate of drug-likeness (QED) is 0.461. The van der Waals surface area contributed by atoms with Gasteiger partial charge in [-0.25, -0.2) is 4.98 Å². The molecule has 17 heavy (non-hydrogen) atoms. The molecule has 0 aromatic carbocycles. The van der Waals surface area contributed by atoms with E-state index in [2.05, 4.69) is 16.6 Å².